The third kappa shape index (κ3) is 2.34. The summed E-state index contributed by atoms with van der Waals surface area (Å²) in [6.07, 6.45) is 0.369. The summed E-state index contributed by atoms with van der Waals surface area (Å²) in [6, 6.07) is 9.33. The molecule has 0 fully saturated rings. The normalized spacial score (nSPS) is 11.6. The molecule has 0 spiro atoms. The molecule has 0 saturated carbocycles. The zero-order valence-electron chi connectivity index (χ0n) is 6.57. The Kier molecular flexibility index (Phi) is 3.26. The van der Waals surface area contributed by atoms with Crippen LogP contribution in [-0.4, -0.2) is 17.6 Å². The van der Waals surface area contributed by atoms with Crippen molar-refractivity contribution < 1.29 is 9.60 Å². The minimum atomic E-state index is -0.703. The first-order valence-electron chi connectivity index (χ1n) is 3.66. The van der Waals surface area contributed by atoms with Crippen molar-refractivity contribution in [3.8, 4) is 0 Å². The fourth-order valence-corrected chi connectivity index (χ4v) is 0.941. The third-order valence-electron chi connectivity index (χ3n) is 1.55. The van der Waals surface area contributed by atoms with E-state index in [1.165, 1.54) is 0 Å². The molecule has 12 heavy (non-hydrogen) atoms. The predicted molar refractivity (Wildman–Crippen MR) is 45.3 cm³/mol. The van der Waals surface area contributed by atoms with E-state index in [0.29, 0.717) is 6.42 Å². The molecule has 0 amide bonds. The smallest absolute Gasteiger partial charge is 0.131 e. The second-order valence-corrected chi connectivity index (χ2v) is 2.46. The maximum Gasteiger partial charge on any atom is 0.131 e. The number of rotatable bonds is 3. The van der Waals surface area contributed by atoms with E-state index in [1.54, 1.807) is 0 Å². The summed E-state index contributed by atoms with van der Waals surface area (Å²) in [5.41, 5.74) is 1.10. The number of nitrogens with zero attached hydrogens (tertiary/aromatic N) is 1. The van der Waals surface area contributed by atoms with Crippen molar-refractivity contribution in [3.05, 3.63) is 35.9 Å². The van der Waals surface area contributed by atoms with Crippen LogP contribution >= 0.6 is 0 Å². The molecule has 3 heteroatoms. The van der Waals surface area contributed by atoms with Crippen molar-refractivity contribution >= 4 is 5.71 Å². The highest BCUT2D eigenvalue weighted by atomic mass is 19.1. The average Bonchev–Trinajstić information content (AvgIpc) is 2.16. The van der Waals surface area contributed by atoms with Crippen molar-refractivity contribution in [2.75, 3.05) is 6.67 Å². The lowest BCUT2D eigenvalue weighted by molar-refractivity contribution is 0.314. The van der Waals surface area contributed by atoms with Gasteiger partial charge in [0, 0.05) is 6.42 Å². The van der Waals surface area contributed by atoms with Gasteiger partial charge in [0.05, 0.1) is 5.71 Å². The molecule has 0 aliphatic carbocycles. The maximum absolute atomic E-state index is 12.1. The second-order valence-electron chi connectivity index (χ2n) is 2.46. The van der Waals surface area contributed by atoms with E-state index in [1.807, 2.05) is 30.3 Å². The first kappa shape index (κ1) is 8.71. The minimum Gasteiger partial charge on any atom is -0.411 e. The van der Waals surface area contributed by atoms with Gasteiger partial charge in [-0.05, 0) is 5.56 Å². The van der Waals surface area contributed by atoms with E-state index in [9.17, 15) is 4.39 Å². The molecular formula is C9H10FNO. The second kappa shape index (κ2) is 4.49. The summed E-state index contributed by atoms with van der Waals surface area (Å²) < 4.78 is 12.1. The van der Waals surface area contributed by atoms with Gasteiger partial charge in [-0.3, -0.25) is 0 Å². The van der Waals surface area contributed by atoms with Crippen molar-refractivity contribution in [1.29, 1.82) is 0 Å². The van der Waals surface area contributed by atoms with E-state index < -0.39 is 6.67 Å². The summed E-state index contributed by atoms with van der Waals surface area (Å²) in [4.78, 5) is 0. The van der Waals surface area contributed by atoms with Crippen LogP contribution in [0.25, 0.3) is 0 Å². The van der Waals surface area contributed by atoms with Crippen molar-refractivity contribution in [2.45, 2.75) is 6.42 Å². The Morgan fingerprint density at radius 1 is 1.33 bits per heavy atom. The molecule has 1 aromatic carbocycles. The van der Waals surface area contributed by atoms with Gasteiger partial charge in [0.2, 0.25) is 0 Å². The number of hydrogen-bond donors (Lipinski definition) is 1. The van der Waals surface area contributed by atoms with E-state index in [-0.39, 0.29) is 5.71 Å². The Labute approximate surface area is 70.3 Å². The SMILES string of the molecule is ON=C(CF)Cc1ccccc1. The first-order chi connectivity index (χ1) is 5.86. The quantitative estimate of drug-likeness (QED) is 0.417. The maximum atomic E-state index is 12.1. The number of oxime groups is 1. The average molecular weight is 167 g/mol. The molecule has 2 nitrogen and oxygen atoms in total. The van der Waals surface area contributed by atoms with Crippen molar-refractivity contribution in [2.24, 2.45) is 5.16 Å². The lowest BCUT2D eigenvalue weighted by atomic mass is 10.1. The van der Waals surface area contributed by atoms with Crippen LogP contribution in [0.4, 0.5) is 4.39 Å². The van der Waals surface area contributed by atoms with Crippen molar-refractivity contribution in [3.63, 3.8) is 0 Å². The van der Waals surface area contributed by atoms with E-state index >= 15 is 0 Å². The van der Waals surface area contributed by atoms with Gasteiger partial charge < -0.3 is 5.21 Å². The van der Waals surface area contributed by atoms with Gasteiger partial charge in [-0.15, -0.1) is 0 Å². The molecule has 64 valence electrons. The Hall–Kier alpha value is -1.38. The van der Waals surface area contributed by atoms with Gasteiger partial charge in [-0.1, -0.05) is 35.5 Å². The largest absolute Gasteiger partial charge is 0.411 e. The topological polar surface area (TPSA) is 32.6 Å². The fraction of sp³-hybridized carbons (Fsp3) is 0.222. The van der Waals surface area contributed by atoms with Crippen LogP contribution in [-0.2, 0) is 6.42 Å². The summed E-state index contributed by atoms with van der Waals surface area (Å²) in [5, 5.41) is 11.2. The molecule has 1 N–H and O–H groups in total. The highest BCUT2D eigenvalue weighted by molar-refractivity contribution is 5.87. The third-order valence-corrected chi connectivity index (χ3v) is 1.55. The van der Waals surface area contributed by atoms with E-state index in [2.05, 4.69) is 5.16 Å². The molecule has 0 aromatic heterocycles. The monoisotopic (exact) mass is 167 g/mol. The molecule has 0 atom stereocenters. The van der Waals surface area contributed by atoms with Crippen LogP contribution in [0.15, 0.2) is 35.5 Å². The summed E-state index contributed by atoms with van der Waals surface area (Å²) in [5.74, 6) is 0. The molecule has 1 aromatic rings. The molecule has 1 rings (SSSR count). The van der Waals surface area contributed by atoms with E-state index in [4.69, 9.17) is 5.21 Å². The minimum absolute atomic E-state index is 0.154. The zero-order valence-corrected chi connectivity index (χ0v) is 6.57. The molecular weight excluding hydrogens is 157 g/mol. The Morgan fingerprint density at radius 2 is 2.00 bits per heavy atom. The van der Waals surface area contributed by atoms with Gasteiger partial charge >= 0.3 is 0 Å². The van der Waals surface area contributed by atoms with Gasteiger partial charge in [0.1, 0.15) is 6.67 Å². The highest BCUT2D eigenvalue weighted by Gasteiger charge is 1.99. The molecule has 0 radical (unpaired) electrons. The van der Waals surface area contributed by atoms with Crippen molar-refractivity contribution in [1.82, 2.24) is 0 Å². The molecule has 0 heterocycles. The van der Waals surface area contributed by atoms with Crippen LogP contribution in [0, 0.1) is 0 Å². The summed E-state index contributed by atoms with van der Waals surface area (Å²) >= 11 is 0. The number of benzene rings is 1. The lowest BCUT2D eigenvalue weighted by Gasteiger charge is -1.98. The Morgan fingerprint density at radius 3 is 2.50 bits per heavy atom. The molecule has 0 saturated heterocycles. The number of alkyl halides is 1. The lowest BCUT2D eigenvalue weighted by Crippen LogP contribution is -2.04. The van der Waals surface area contributed by atoms with Crippen LogP contribution in [0.1, 0.15) is 5.56 Å². The number of halogens is 1. The Balaban J connectivity index is 2.64. The summed E-state index contributed by atoms with van der Waals surface area (Å²) in [6.45, 7) is -0.703. The predicted octanol–water partition coefficient (Wildman–Crippen LogP) is 2.03. The molecule has 0 bridgehead atoms. The zero-order chi connectivity index (χ0) is 8.81. The Bertz CT molecular complexity index is 258. The summed E-state index contributed by atoms with van der Waals surface area (Å²) in [7, 11) is 0. The van der Waals surface area contributed by atoms with Crippen LogP contribution in [0.3, 0.4) is 0 Å². The molecule has 0 aliphatic heterocycles. The fourth-order valence-electron chi connectivity index (χ4n) is 0.941. The standard InChI is InChI=1S/C9H10FNO/c10-7-9(11-12)6-8-4-2-1-3-5-8/h1-5,12H,6-7H2. The van der Waals surface area contributed by atoms with E-state index in [0.717, 1.165) is 5.56 Å². The van der Waals surface area contributed by atoms with Gasteiger partial charge in [-0.2, -0.15) is 0 Å². The van der Waals surface area contributed by atoms with Crippen LogP contribution in [0.5, 0.6) is 0 Å². The molecule has 0 unspecified atom stereocenters. The van der Waals surface area contributed by atoms with Gasteiger partial charge in [-0.25, -0.2) is 4.39 Å². The highest BCUT2D eigenvalue weighted by Crippen LogP contribution is 2.01. The number of hydrogen-bond acceptors (Lipinski definition) is 2. The van der Waals surface area contributed by atoms with Gasteiger partial charge in [0.15, 0.2) is 0 Å². The van der Waals surface area contributed by atoms with Gasteiger partial charge in [0.25, 0.3) is 0 Å². The molecule has 0 aliphatic rings. The van der Waals surface area contributed by atoms with Crippen LogP contribution in [0.2, 0.25) is 0 Å². The van der Waals surface area contributed by atoms with Crippen LogP contribution < -0.4 is 0 Å². The first-order valence-corrected chi connectivity index (χ1v) is 3.66.